The minimum absolute atomic E-state index is 0.446. The molecule has 4 heteroatoms. The Hall–Kier alpha value is -1.97. The topological polar surface area (TPSA) is 47.8 Å². The summed E-state index contributed by atoms with van der Waals surface area (Å²) in [5.74, 6) is 0. The molecular formula is C16H21N3O. The van der Waals surface area contributed by atoms with E-state index in [0.29, 0.717) is 5.69 Å². The highest BCUT2D eigenvalue weighted by molar-refractivity contribution is 5.73. The number of nitrogens with zero attached hydrogens (tertiary/aromatic N) is 3. The molecule has 0 radical (unpaired) electrons. The standard InChI is InChI=1S/C16H21N3O/c1-3-5-7-13-8-10-14(11-9-13)19-16(6-4-2)15(12-20)17-18-19/h8-12H,3-7H2,1-2H3. The summed E-state index contributed by atoms with van der Waals surface area (Å²) >= 11 is 0. The van der Waals surface area contributed by atoms with Gasteiger partial charge in [0.15, 0.2) is 6.29 Å². The van der Waals surface area contributed by atoms with Gasteiger partial charge >= 0.3 is 0 Å². The first-order valence-corrected chi connectivity index (χ1v) is 7.29. The predicted octanol–water partition coefficient (Wildman–Crippen LogP) is 3.37. The Bertz CT molecular complexity index is 558. The quantitative estimate of drug-likeness (QED) is 0.725. The third kappa shape index (κ3) is 3.13. The fourth-order valence-electron chi connectivity index (χ4n) is 2.27. The molecule has 0 saturated carbocycles. The first-order valence-electron chi connectivity index (χ1n) is 7.29. The SMILES string of the molecule is CCCCc1ccc(-n2nnc(C=O)c2CCC)cc1. The van der Waals surface area contributed by atoms with Crippen molar-refractivity contribution in [2.45, 2.75) is 46.0 Å². The van der Waals surface area contributed by atoms with Crippen LogP contribution in [-0.2, 0) is 12.8 Å². The normalized spacial score (nSPS) is 10.7. The third-order valence-corrected chi connectivity index (χ3v) is 3.39. The third-order valence-electron chi connectivity index (χ3n) is 3.39. The van der Waals surface area contributed by atoms with Gasteiger partial charge in [-0.15, -0.1) is 5.10 Å². The minimum Gasteiger partial charge on any atom is -0.296 e. The number of rotatable bonds is 7. The van der Waals surface area contributed by atoms with Crippen LogP contribution in [0.1, 0.15) is 54.9 Å². The van der Waals surface area contributed by atoms with Gasteiger partial charge in [-0.05, 0) is 37.0 Å². The van der Waals surface area contributed by atoms with Gasteiger partial charge in [0, 0.05) is 0 Å². The van der Waals surface area contributed by atoms with Crippen molar-refractivity contribution in [3.63, 3.8) is 0 Å². The van der Waals surface area contributed by atoms with Crippen LogP contribution < -0.4 is 0 Å². The van der Waals surface area contributed by atoms with Crippen molar-refractivity contribution < 1.29 is 4.79 Å². The molecule has 2 aromatic rings. The summed E-state index contributed by atoms with van der Waals surface area (Å²) in [4.78, 5) is 11.0. The van der Waals surface area contributed by atoms with Crippen LogP contribution in [0.25, 0.3) is 5.69 Å². The van der Waals surface area contributed by atoms with Gasteiger partial charge in [0.05, 0.1) is 11.4 Å². The van der Waals surface area contributed by atoms with E-state index >= 15 is 0 Å². The Kier molecular flexibility index (Phi) is 5.04. The molecule has 2 rings (SSSR count). The maximum atomic E-state index is 11.0. The van der Waals surface area contributed by atoms with Crippen molar-refractivity contribution in [1.82, 2.24) is 15.0 Å². The van der Waals surface area contributed by atoms with Crippen LogP contribution in [0.4, 0.5) is 0 Å². The fourth-order valence-corrected chi connectivity index (χ4v) is 2.27. The molecule has 1 aromatic carbocycles. The molecule has 0 N–H and O–H groups in total. The number of aromatic nitrogens is 3. The Balaban J connectivity index is 2.27. The number of carbonyl (C=O) groups excluding carboxylic acids is 1. The molecule has 0 fully saturated rings. The van der Waals surface area contributed by atoms with Crippen LogP contribution >= 0.6 is 0 Å². The lowest BCUT2D eigenvalue weighted by Gasteiger charge is -2.07. The molecular weight excluding hydrogens is 250 g/mol. The van der Waals surface area contributed by atoms with Crippen LogP contribution in [0.2, 0.25) is 0 Å². The van der Waals surface area contributed by atoms with Crippen LogP contribution in [0.3, 0.4) is 0 Å². The molecule has 4 nitrogen and oxygen atoms in total. The fraction of sp³-hybridized carbons (Fsp3) is 0.438. The zero-order valence-electron chi connectivity index (χ0n) is 12.2. The lowest BCUT2D eigenvalue weighted by atomic mass is 10.1. The molecule has 0 unspecified atom stereocenters. The van der Waals surface area contributed by atoms with Crippen LogP contribution in [0.5, 0.6) is 0 Å². The van der Waals surface area contributed by atoms with Crippen LogP contribution in [-0.4, -0.2) is 21.3 Å². The van der Waals surface area contributed by atoms with E-state index in [2.05, 4.69) is 36.3 Å². The number of aryl methyl sites for hydroxylation is 1. The van der Waals surface area contributed by atoms with E-state index in [1.165, 1.54) is 18.4 Å². The van der Waals surface area contributed by atoms with Crippen molar-refractivity contribution in [1.29, 1.82) is 0 Å². The zero-order chi connectivity index (χ0) is 14.4. The maximum absolute atomic E-state index is 11.0. The number of unbranched alkanes of at least 4 members (excludes halogenated alkanes) is 1. The van der Waals surface area contributed by atoms with E-state index in [-0.39, 0.29) is 0 Å². The van der Waals surface area contributed by atoms with Crippen molar-refractivity contribution in [2.75, 3.05) is 0 Å². The number of aldehydes is 1. The highest BCUT2D eigenvalue weighted by Crippen LogP contribution is 2.15. The van der Waals surface area contributed by atoms with Gasteiger partial charge in [-0.2, -0.15) is 0 Å². The van der Waals surface area contributed by atoms with Crippen molar-refractivity contribution in [2.24, 2.45) is 0 Å². The second kappa shape index (κ2) is 6.98. The first-order chi connectivity index (χ1) is 9.80. The summed E-state index contributed by atoms with van der Waals surface area (Å²) in [7, 11) is 0. The lowest BCUT2D eigenvalue weighted by Crippen LogP contribution is -2.03. The van der Waals surface area contributed by atoms with Crippen molar-refractivity contribution >= 4 is 6.29 Å². The molecule has 20 heavy (non-hydrogen) atoms. The molecule has 0 atom stereocenters. The van der Waals surface area contributed by atoms with Crippen molar-refractivity contribution in [3.8, 4) is 5.69 Å². The van der Waals surface area contributed by atoms with Gasteiger partial charge in [-0.1, -0.05) is 44.0 Å². The number of carbonyl (C=O) groups is 1. The Labute approximate surface area is 119 Å². The number of hydrogen-bond acceptors (Lipinski definition) is 3. The smallest absolute Gasteiger partial charge is 0.172 e. The molecule has 0 amide bonds. The molecule has 106 valence electrons. The van der Waals surface area contributed by atoms with Gasteiger partial charge in [0.25, 0.3) is 0 Å². The maximum Gasteiger partial charge on any atom is 0.172 e. The molecule has 0 saturated heterocycles. The van der Waals surface area contributed by atoms with E-state index < -0.39 is 0 Å². The van der Waals surface area contributed by atoms with E-state index in [1.807, 2.05) is 12.1 Å². The highest BCUT2D eigenvalue weighted by Gasteiger charge is 2.12. The summed E-state index contributed by atoms with van der Waals surface area (Å²) < 4.78 is 1.77. The Morgan fingerprint density at radius 2 is 1.85 bits per heavy atom. The van der Waals surface area contributed by atoms with Gasteiger partial charge in [0.2, 0.25) is 0 Å². The molecule has 0 spiro atoms. The predicted molar refractivity (Wildman–Crippen MR) is 79.4 cm³/mol. The molecule has 0 bridgehead atoms. The van der Waals surface area contributed by atoms with E-state index in [9.17, 15) is 4.79 Å². The largest absolute Gasteiger partial charge is 0.296 e. The second-order valence-corrected chi connectivity index (χ2v) is 4.97. The van der Waals surface area contributed by atoms with Gasteiger partial charge in [-0.3, -0.25) is 4.79 Å². The van der Waals surface area contributed by atoms with Crippen LogP contribution in [0, 0.1) is 0 Å². The Morgan fingerprint density at radius 1 is 1.10 bits per heavy atom. The van der Waals surface area contributed by atoms with E-state index in [4.69, 9.17) is 0 Å². The number of hydrogen-bond donors (Lipinski definition) is 0. The van der Waals surface area contributed by atoms with Gasteiger partial charge < -0.3 is 0 Å². The molecule has 0 aliphatic rings. The molecule has 1 heterocycles. The zero-order valence-corrected chi connectivity index (χ0v) is 12.2. The van der Waals surface area contributed by atoms with Crippen molar-refractivity contribution in [3.05, 3.63) is 41.2 Å². The molecule has 0 aliphatic heterocycles. The van der Waals surface area contributed by atoms with Crippen LogP contribution in [0.15, 0.2) is 24.3 Å². The summed E-state index contributed by atoms with van der Waals surface area (Å²) in [5, 5.41) is 8.05. The Morgan fingerprint density at radius 3 is 2.45 bits per heavy atom. The summed E-state index contributed by atoms with van der Waals surface area (Å²) in [5.41, 5.74) is 3.64. The summed E-state index contributed by atoms with van der Waals surface area (Å²) in [6.45, 7) is 4.28. The van der Waals surface area contributed by atoms with Gasteiger partial charge in [-0.25, -0.2) is 4.68 Å². The minimum atomic E-state index is 0.446. The van der Waals surface area contributed by atoms with Gasteiger partial charge in [0.1, 0.15) is 5.69 Å². The molecule has 1 aromatic heterocycles. The molecule has 0 aliphatic carbocycles. The lowest BCUT2D eigenvalue weighted by molar-refractivity contribution is 0.111. The first kappa shape index (κ1) is 14.4. The summed E-state index contributed by atoms with van der Waals surface area (Å²) in [6, 6.07) is 8.35. The highest BCUT2D eigenvalue weighted by atomic mass is 16.1. The summed E-state index contributed by atoms with van der Waals surface area (Å²) in [6.07, 6.45) is 6.06. The van der Waals surface area contributed by atoms with E-state index in [0.717, 1.165) is 36.9 Å². The average molecular weight is 271 g/mol. The van der Waals surface area contributed by atoms with E-state index in [1.54, 1.807) is 4.68 Å². The second-order valence-electron chi connectivity index (χ2n) is 4.97. The monoisotopic (exact) mass is 271 g/mol. The number of benzene rings is 1. The average Bonchev–Trinajstić information content (AvgIpc) is 2.89.